The molecule has 0 spiro atoms. The second-order valence-electron chi connectivity index (χ2n) is 11.2. The van der Waals surface area contributed by atoms with Gasteiger partial charge in [0.1, 0.15) is 5.75 Å². The number of rotatable bonds is 1. The van der Waals surface area contributed by atoms with Gasteiger partial charge < -0.3 is 24.1 Å². The second kappa shape index (κ2) is 9.28. The quantitative estimate of drug-likeness (QED) is 0.250. The van der Waals surface area contributed by atoms with Gasteiger partial charge in [0.15, 0.2) is 34.5 Å². The third kappa shape index (κ3) is 4.03. The Labute approximate surface area is 238 Å². The molecule has 4 aliphatic heterocycles. The van der Waals surface area contributed by atoms with Crippen molar-refractivity contribution in [1.82, 2.24) is 4.90 Å². The van der Waals surface area contributed by atoms with Gasteiger partial charge in [0.25, 0.3) is 0 Å². The number of ether oxygens (including phenoxy) is 4. The number of phenolic OH excluding ortho intramolecular Hbond substituents is 1. The summed E-state index contributed by atoms with van der Waals surface area (Å²) in [5.41, 5.74) is 7.71. The Bertz CT molecular complexity index is 1760. The van der Waals surface area contributed by atoms with Gasteiger partial charge in [-0.3, -0.25) is 9.89 Å². The van der Waals surface area contributed by atoms with E-state index in [2.05, 4.69) is 42.3 Å². The first-order chi connectivity index (χ1) is 20.0. The minimum Gasteiger partial charge on any atom is -0.504 e. The summed E-state index contributed by atoms with van der Waals surface area (Å²) in [4.78, 5) is 7.29. The van der Waals surface area contributed by atoms with Crippen LogP contribution >= 0.6 is 0 Å². The molecule has 1 N–H and O–H groups in total. The van der Waals surface area contributed by atoms with Gasteiger partial charge in [0.05, 0.1) is 7.11 Å². The number of hydrogen-bond donors (Lipinski definition) is 1. The van der Waals surface area contributed by atoms with Crippen LogP contribution in [0.15, 0.2) is 65.7 Å². The molecule has 41 heavy (non-hydrogen) atoms. The van der Waals surface area contributed by atoms with Crippen LogP contribution in [-0.4, -0.2) is 43.0 Å². The highest BCUT2D eigenvalue weighted by atomic mass is 16.6. The Morgan fingerprint density at radius 2 is 1.76 bits per heavy atom. The Morgan fingerprint density at radius 3 is 2.66 bits per heavy atom. The van der Waals surface area contributed by atoms with Crippen LogP contribution in [0.5, 0.6) is 46.0 Å². The number of hydrogen-bond acceptors (Lipinski definition) is 7. The van der Waals surface area contributed by atoms with Crippen molar-refractivity contribution in [2.45, 2.75) is 31.7 Å². The molecular weight excluding hydrogens is 516 g/mol. The van der Waals surface area contributed by atoms with Gasteiger partial charge in [0.2, 0.25) is 5.75 Å². The van der Waals surface area contributed by atoms with Gasteiger partial charge in [-0.1, -0.05) is 18.2 Å². The van der Waals surface area contributed by atoms with Crippen LogP contribution in [0.3, 0.4) is 0 Å². The summed E-state index contributed by atoms with van der Waals surface area (Å²) in [6.07, 6.45) is 3.08. The van der Waals surface area contributed by atoms with Gasteiger partial charge in [-0.05, 0) is 91.0 Å². The van der Waals surface area contributed by atoms with Crippen LogP contribution in [-0.2, 0) is 25.7 Å². The zero-order valence-electron chi connectivity index (χ0n) is 23.1. The molecule has 4 aromatic rings. The SMILES string of the molecule is COc1cc2c3c4c1Oc1cc5c(cc1O4)C(=NCC5)Cc1ccc(O)c(c1)Oc1cccc(c1)CC3N(C)CC2. The van der Waals surface area contributed by atoms with Crippen LogP contribution in [0.4, 0.5) is 0 Å². The first-order valence-electron chi connectivity index (χ1n) is 14.1. The molecule has 0 aromatic heterocycles. The van der Waals surface area contributed by atoms with Gasteiger partial charge in [-0.15, -0.1) is 0 Å². The minimum atomic E-state index is 0.0565. The molecule has 4 aromatic carbocycles. The lowest BCUT2D eigenvalue weighted by Crippen LogP contribution is -2.34. The Kier molecular flexibility index (Phi) is 5.50. The van der Waals surface area contributed by atoms with Crippen molar-refractivity contribution >= 4 is 5.71 Å². The molecule has 0 radical (unpaired) electrons. The van der Waals surface area contributed by atoms with Crippen LogP contribution in [0, 0.1) is 0 Å². The zero-order chi connectivity index (χ0) is 27.7. The van der Waals surface area contributed by atoms with Crippen LogP contribution in [0.25, 0.3) is 0 Å². The molecule has 0 fully saturated rings. The second-order valence-corrected chi connectivity index (χ2v) is 11.2. The van der Waals surface area contributed by atoms with E-state index in [4.69, 9.17) is 23.9 Å². The number of likely N-dealkylation sites (N-methyl/N-ethyl adjacent to an activating group) is 1. The Balaban J connectivity index is 1.35. The summed E-state index contributed by atoms with van der Waals surface area (Å²) in [5, 5.41) is 10.7. The van der Waals surface area contributed by atoms with Crippen LogP contribution < -0.4 is 18.9 Å². The fourth-order valence-electron chi connectivity index (χ4n) is 6.57. The molecule has 1 unspecified atom stereocenters. The molecule has 7 heteroatoms. The molecule has 7 bridgehead atoms. The molecule has 4 heterocycles. The smallest absolute Gasteiger partial charge is 0.212 e. The molecule has 0 saturated heterocycles. The predicted octanol–water partition coefficient (Wildman–Crippen LogP) is 6.76. The average Bonchev–Trinajstić information content (AvgIpc) is 2.98. The van der Waals surface area contributed by atoms with Crippen molar-refractivity contribution in [3.8, 4) is 46.0 Å². The van der Waals surface area contributed by atoms with E-state index in [0.717, 1.165) is 59.5 Å². The van der Waals surface area contributed by atoms with E-state index in [0.29, 0.717) is 47.5 Å². The van der Waals surface area contributed by atoms with Crippen molar-refractivity contribution < 1.29 is 24.1 Å². The summed E-state index contributed by atoms with van der Waals surface area (Å²) in [7, 11) is 3.84. The van der Waals surface area contributed by atoms with E-state index in [1.807, 2.05) is 24.3 Å². The Morgan fingerprint density at radius 1 is 0.878 bits per heavy atom. The maximum absolute atomic E-state index is 10.7. The number of aliphatic imine (C=N–C) groups is 1. The van der Waals surface area contributed by atoms with Crippen molar-refractivity contribution in [3.63, 3.8) is 0 Å². The number of nitrogens with zero attached hydrogens (tertiary/aromatic N) is 2. The fourth-order valence-corrected chi connectivity index (χ4v) is 6.57. The molecular formula is C34H30N2O5. The number of fused-ring (bicyclic) bond motifs is 4. The highest BCUT2D eigenvalue weighted by Gasteiger charge is 2.36. The lowest BCUT2D eigenvalue weighted by atomic mass is 9.87. The first-order valence-corrected chi connectivity index (χ1v) is 14.1. The maximum atomic E-state index is 10.7. The van der Waals surface area contributed by atoms with Gasteiger partial charge in [-0.2, -0.15) is 0 Å². The molecule has 8 rings (SSSR count). The molecule has 7 nitrogen and oxygen atoms in total. The Hall–Kier alpha value is -4.49. The monoisotopic (exact) mass is 546 g/mol. The van der Waals surface area contributed by atoms with Crippen molar-refractivity contribution in [3.05, 3.63) is 94.0 Å². The normalized spacial score (nSPS) is 18.4. The van der Waals surface area contributed by atoms with E-state index >= 15 is 0 Å². The van der Waals surface area contributed by atoms with Gasteiger partial charge in [-0.25, -0.2) is 0 Å². The lowest BCUT2D eigenvalue weighted by Gasteiger charge is -2.38. The third-order valence-corrected chi connectivity index (χ3v) is 8.68. The molecule has 0 saturated carbocycles. The standard InChI is InChI=1S/C34H30N2O5/c1-36-11-9-22-17-31(38-2)33-34-32(22)26(36)14-19-4-3-5-23(12-19)39-28-15-20(6-7-27(28)37)13-25-24-18-30(41-34)29(40-33)16-21(24)8-10-35-25/h3-7,12,15-18,26,37H,8-11,13-14H2,1-2H3. The average molecular weight is 547 g/mol. The maximum Gasteiger partial charge on any atom is 0.212 e. The summed E-state index contributed by atoms with van der Waals surface area (Å²) in [5.74, 6) is 4.66. The number of benzene rings is 4. The molecule has 0 amide bonds. The van der Waals surface area contributed by atoms with E-state index in [9.17, 15) is 5.11 Å². The minimum absolute atomic E-state index is 0.0565. The largest absolute Gasteiger partial charge is 0.504 e. The van der Waals surface area contributed by atoms with Gasteiger partial charge >= 0.3 is 0 Å². The zero-order valence-corrected chi connectivity index (χ0v) is 23.1. The van der Waals surface area contributed by atoms with E-state index in [-0.39, 0.29) is 11.8 Å². The molecule has 1 atom stereocenters. The summed E-state index contributed by atoms with van der Waals surface area (Å²) >= 11 is 0. The summed E-state index contributed by atoms with van der Waals surface area (Å²) < 4.78 is 25.5. The lowest BCUT2D eigenvalue weighted by molar-refractivity contribution is 0.220. The fraction of sp³-hybridized carbons (Fsp3) is 0.265. The van der Waals surface area contributed by atoms with Crippen molar-refractivity contribution in [2.75, 3.05) is 27.2 Å². The topological polar surface area (TPSA) is 72.8 Å². The van der Waals surface area contributed by atoms with Crippen molar-refractivity contribution in [2.24, 2.45) is 4.99 Å². The van der Waals surface area contributed by atoms with E-state index in [1.54, 1.807) is 13.2 Å². The predicted molar refractivity (Wildman–Crippen MR) is 156 cm³/mol. The molecule has 4 aliphatic rings. The molecule has 0 aliphatic carbocycles. The van der Waals surface area contributed by atoms with E-state index < -0.39 is 0 Å². The number of phenols is 1. The van der Waals surface area contributed by atoms with Gasteiger partial charge in [0, 0.05) is 42.4 Å². The number of methoxy groups -OCH3 is 1. The number of aromatic hydroxyl groups is 1. The highest BCUT2D eigenvalue weighted by molar-refractivity contribution is 6.04. The highest BCUT2D eigenvalue weighted by Crippen LogP contribution is 2.56. The summed E-state index contributed by atoms with van der Waals surface area (Å²) in [6.45, 7) is 1.62. The van der Waals surface area contributed by atoms with Crippen LogP contribution in [0.1, 0.15) is 39.4 Å². The van der Waals surface area contributed by atoms with E-state index in [1.165, 1.54) is 11.1 Å². The first kappa shape index (κ1) is 24.3. The third-order valence-electron chi connectivity index (χ3n) is 8.68. The van der Waals surface area contributed by atoms with Crippen LogP contribution in [0.2, 0.25) is 0 Å². The van der Waals surface area contributed by atoms with Crippen molar-refractivity contribution in [1.29, 1.82) is 0 Å². The summed E-state index contributed by atoms with van der Waals surface area (Å²) in [6, 6.07) is 20.0. The molecule has 206 valence electrons.